The predicted octanol–water partition coefficient (Wildman–Crippen LogP) is 1.20. The van der Waals surface area contributed by atoms with Gasteiger partial charge in [0.1, 0.15) is 0 Å². The Morgan fingerprint density at radius 3 is 2.92 bits per heavy atom. The van der Waals surface area contributed by atoms with Crippen molar-refractivity contribution in [2.24, 2.45) is 0 Å². The molecule has 1 unspecified atom stereocenters. The van der Waals surface area contributed by atoms with Crippen molar-refractivity contribution < 1.29 is 5.11 Å². The number of aliphatic hydroxyl groups is 1. The van der Waals surface area contributed by atoms with Crippen molar-refractivity contribution >= 4 is 11.8 Å². The minimum atomic E-state index is 0.309. The lowest BCUT2D eigenvalue weighted by Crippen LogP contribution is -2.27. The van der Waals surface area contributed by atoms with Gasteiger partial charge in [-0.05, 0) is 38.6 Å². The van der Waals surface area contributed by atoms with Gasteiger partial charge in [-0.15, -0.1) is 0 Å². The van der Waals surface area contributed by atoms with E-state index in [1.54, 1.807) is 0 Å². The van der Waals surface area contributed by atoms with Gasteiger partial charge in [0.05, 0.1) is 6.61 Å². The largest absolute Gasteiger partial charge is 0.395 e. The van der Waals surface area contributed by atoms with Crippen molar-refractivity contribution in [2.75, 3.05) is 32.5 Å². The van der Waals surface area contributed by atoms with Gasteiger partial charge in [0.25, 0.3) is 0 Å². The quantitative estimate of drug-likeness (QED) is 0.721. The van der Waals surface area contributed by atoms with Gasteiger partial charge in [0.15, 0.2) is 0 Å². The van der Waals surface area contributed by atoms with Gasteiger partial charge in [-0.2, -0.15) is 11.8 Å². The molecule has 0 aromatic carbocycles. The zero-order valence-corrected chi connectivity index (χ0v) is 8.65. The third-order valence-electron chi connectivity index (χ3n) is 2.52. The van der Waals surface area contributed by atoms with Crippen LogP contribution in [0.4, 0.5) is 0 Å². The molecule has 0 bridgehead atoms. The summed E-state index contributed by atoms with van der Waals surface area (Å²) < 4.78 is 0. The maximum Gasteiger partial charge on any atom is 0.0558 e. The topological polar surface area (TPSA) is 23.5 Å². The van der Waals surface area contributed by atoms with E-state index in [4.69, 9.17) is 5.11 Å². The Labute approximate surface area is 79.3 Å². The fourth-order valence-corrected chi connectivity index (χ4v) is 2.47. The van der Waals surface area contributed by atoms with Crippen LogP contribution in [0, 0.1) is 0 Å². The fourth-order valence-electron chi connectivity index (χ4n) is 1.73. The maximum absolute atomic E-state index is 8.79. The second-order valence-electron chi connectivity index (χ2n) is 3.35. The second kappa shape index (κ2) is 5.84. The predicted molar refractivity (Wildman–Crippen MR) is 54.7 cm³/mol. The fraction of sp³-hybridized carbons (Fsp3) is 1.00. The van der Waals surface area contributed by atoms with Crippen molar-refractivity contribution in [1.29, 1.82) is 0 Å². The van der Waals surface area contributed by atoms with Crippen molar-refractivity contribution in [3.8, 4) is 0 Å². The van der Waals surface area contributed by atoms with Gasteiger partial charge >= 0.3 is 0 Å². The molecule has 1 rings (SSSR count). The van der Waals surface area contributed by atoms with Crippen LogP contribution in [-0.2, 0) is 0 Å². The summed E-state index contributed by atoms with van der Waals surface area (Å²) >= 11 is 1.99. The van der Waals surface area contributed by atoms with E-state index in [-0.39, 0.29) is 0 Å². The van der Waals surface area contributed by atoms with Crippen LogP contribution in [0.3, 0.4) is 0 Å². The van der Waals surface area contributed by atoms with Gasteiger partial charge in [0.2, 0.25) is 0 Å². The Bertz CT molecular complexity index is 121. The Kier molecular flexibility index (Phi) is 5.04. The van der Waals surface area contributed by atoms with Crippen molar-refractivity contribution in [2.45, 2.75) is 24.5 Å². The van der Waals surface area contributed by atoms with E-state index in [1.165, 1.54) is 32.4 Å². The van der Waals surface area contributed by atoms with Crippen LogP contribution in [0.2, 0.25) is 0 Å². The number of β-amino-alcohol motifs (C(OH)–C–C–N with tert-alkyl or cyclic N) is 1. The van der Waals surface area contributed by atoms with Gasteiger partial charge in [0, 0.05) is 11.8 Å². The molecular weight excluding hydrogens is 170 g/mol. The normalized spacial score (nSPS) is 27.0. The van der Waals surface area contributed by atoms with Crippen LogP contribution < -0.4 is 0 Å². The number of aliphatic hydroxyl groups excluding tert-OH is 1. The van der Waals surface area contributed by atoms with E-state index >= 15 is 0 Å². The van der Waals surface area contributed by atoms with Crippen molar-refractivity contribution in [3.63, 3.8) is 0 Å². The highest BCUT2D eigenvalue weighted by molar-refractivity contribution is 7.99. The summed E-state index contributed by atoms with van der Waals surface area (Å²) in [6.45, 7) is 3.52. The van der Waals surface area contributed by atoms with Crippen LogP contribution in [-0.4, -0.2) is 47.8 Å². The molecule has 1 fully saturated rings. The Morgan fingerprint density at radius 2 is 2.25 bits per heavy atom. The molecule has 1 atom stereocenters. The molecule has 0 radical (unpaired) electrons. The molecule has 1 heterocycles. The molecule has 0 aromatic heterocycles. The lowest BCUT2D eigenvalue weighted by Gasteiger charge is -2.18. The van der Waals surface area contributed by atoms with Crippen LogP contribution in [0.1, 0.15) is 19.3 Å². The molecule has 1 N–H and O–H groups in total. The summed E-state index contributed by atoms with van der Waals surface area (Å²) in [5, 5.41) is 9.64. The van der Waals surface area contributed by atoms with Crippen molar-refractivity contribution in [3.05, 3.63) is 0 Å². The molecule has 0 spiro atoms. The van der Waals surface area contributed by atoms with Crippen molar-refractivity contribution in [1.82, 2.24) is 4.90 Å². The minimum Gasteiger partial charge on any atom is -0.395 e. The number of hydrogen-bond acceptors (Lipinski definition) is 3. The second-order valence-corrected chi connectivity index (χ2v) is 4.49. The molecule has 0 saturated carbocycles. The molecule has 72 valence electrons. The molecule has 2 nitrogen and oxygen atoms in total. The van der Waals surface area contributed by atoms with Gasteiger partial charge in [-0.1, -0.05) is 0 Å². The number of likely N-dealkylation sites (tertiary alicyclic amines) is 1. The van der Waals surface area contributed by atoms with E-state index < -0.39 is 0 Å². The number of thioether (sulfide) groups is 1. The lowest BCUT2D eigenvalue weighted by molar-refractivity contribution is 0.200. The number of nitrogens with zero attached hydrogens (tertiary/aromatic N) is 1. The third kappa shape index (κ3) is 3.33. The van der Waals surface area contributed by atoms with Crippen LogP contribution >= 0.6 is 11.8 Å². The van der Waals surface area contributed by atoms with Gasteiger partial charge in [-0.25, -0.2) is 0 Å². The molecule has 12 heavy (non-hydrogen) atoms. The summed E-state index contributed by atoms with van der Waals surface area (Å²) in [4.78, 5) is 2.37. The molecular formula is C9H19NOS. The van der Waals surface area contributed by atoms with E-state index in [0.29, 0.717) is 6.61 Å². The SMILES string of the molecule is CSC1CCCN(CCO)CC1. The lowest BCUT2D eigenvalue weighted by atomic mass is 10.2. The number of rotatable bonds is 3. The highest BCUT2D eigenvalue weighted by atomic mass is 32.2. The highest BCUT2D eigenvalue weighted by Gasteiger charge is 2.14. The van der Waals surface area contributed by atoms with Crippen LogP contribution in [0.5, 0.6) is 0 Å². The molecule has 1 saturated heterocycles. The standard InChI is InChI=1S/C9H19NOS/c1-12-9-3-2-5-10(6-4-9)7-8-11/h9,11H,2-8H2,1H3. The van der Waals surface area contributed by atoms with Crippen LogP contribution in [0.15, 0.2) is 0 Å². The molecule has 0 aliphatic carbocycles. The van der Waals surface area contributed by atoms with Gasteiger partial charge in [-0.3, -0.25) is 0 Å². The summed E-state index contributed by atoms with van der Waals surface area (Å²) in [5.74, 6) is 0. The summed E-state index contributed by atoms with van der Waals surface area (Å²) in [5.41, 5.74) is 0. The van der Waals surface area contributed by atoms with E-state index in [2.05, 4.69) is 11.2 Å². The minimum absolute atomic E-state index is 0.309. The first-order chi connectivity index (χ1) is 5.86. The number of hydrogen-bond donors (Lipinski definition) is 1. The zero-order chi connectivity index (χ0) is 8.81. The third-order valence-corrected chi connectivity index (χ3v) is 3.66. The van der Waals surface area contributed by atoms with E-state index in [0.717, 1.165) is 11.8 Å². The molecule has 1 aliphatic heterocycles. The summed E-state index contributed by atoms with van der Waals surface area (Å²) in [6.07, 6.45) is 6.14. The maximum atomic E-state index is 8.79. The molecule has 0 amide bonds. The van der Waals surface area contributed by atoms with E-state index in [1.807, 2.05) is 11.8 Å². The molecule has 1 aliphatic rings. The highest BCUT2D eigenvalue weighted by Crippen LogP contribution is 2.20. The Morgan fingerprint density at radius 1 is 1.42 bits per heavy atom. The van der Waals surface area contributed by atoms with E-state index in [9.17, 15) is 0 Å². The van der Waals surface area contributed by atoms with Crippen LogP contribution in [0.25, 0.3) is 0 Å². The smallest absolute Gasteiger partial charge is 0.0558 e. The molecule has 3 heteroatoms. The first-order valence-electron chi connectivity index (χ1n) is 4.73. The van der Waals surface area contributed by atoms with Gasteiger partial charge < -0.3 is 10.0 Å². The zero-order valence-electron chi connectivity index (χ0n) is 7.83. The first kappa shape index (κ1) is 10.4. The summed E-state index contributed by atoms with van der Waals surface area (Å²) in [7, 11) is 0. The monoisotopic (exact) mass is 189 g/mol. The molecule has 0 aromatic rings. The summed E-state index contributed by atoms with van der Waals surface area (Å²) in [6, 6.07) is 0. The average Bonchev–Trinajstić information content (AvgIpc) is 2.31. The Hall–Kier alpha value is 0.270. The first-order valence-corrected chi connectivity index (χ1v) is 6.01. The Balaban J connectivity index is 2.24. The average molecular weight is 189 g/mol.